The first-order valence-corrected chi connectivity index (χ1v) is 6.24. The molecule has 0 spiro atoms. The van der Waals surface area contributed by atoms with Crippen molar-refractivity contribution in [2.45, 2.75) is 25.8 Å². The molecule has 1 unspecified atom stereocenters. The van der Waals surface area contributed by atoms with E-state index in [0.29, 0.717) is 10.0 Å². The van der Waals surface area contributed by atoms with Crippen molar-refractivity contribution in [3.63, 3.8) is 0 Å². The van der Waals surface area contributed by atoms with Crippen molar-refractivity contribution in [1.82, 2.24) is 5.32 Å². The Hall–Kier alpha value is -0.280. The summed E-state index contributed by atoms with van der Waals surface area (Å²) in [7, 11) is 0. The van der Waals surface area contributed by atoms with Gasteiger partial charge in [0.05, 0.1) is 0 Å². The van der Waals surface area contributed by atoms with Gasteiger partial charge in [0.1, 0.15) is 0 Å². The molecule has 1 aromatic rings. The zero-order valence-corrected chi connectivity index (χ0v) is 10.9. The highest BCUT2D eigenvalue weighted by Gasteiger charge is 2.15. The Bertz CT molecular complexity index is 311. The summed E-state index contributed by atoms with van der Waals surface area (Å²) in [4.78, 5) is 0. The highest BCUT2D eigenvalue weighted by atomic mass is 35.5. The van der Waals surface area contributed by atoms with Crippen LogP contribution in [0.3, 0.4) is 0 Å². The summed E-state index contributed by atoms with van der Waals surface area (Å²) in [6, 6.07) is 5.68. The maximum absolute atomic E-state index is 8.74. The molecule has 0 radical (unpaired) electrons. The average Bonchev–Trinajstić information content (AvgIpc) is 2.26. The fourth-order valence-electron chi connectivity index (χ4n) is 1.65. The van der Waals surface area contributed by atoms with Crippen molar-refractivity contribution in [3.8, 4) is 0 Å². The zero-order valence-electron chi connectivity index (χ0n) is 9.34. The Labute approximate surface area is 107 Å². The summed E-state index contributed by atoms with van der Waals surface area (Å²) in [5, 5.41) is 13.5. The molecule has 0 aliphatic carbocycles. The van der Waals surface area contributed by atoms with Gasteiger partial charge in [-0.15, -0.1) is 0 Å². The fraction of sp³-hybridized carbons (Fsp3) is 0.500. The Morgan fingerprint density at radius 2 is 1.94 bits per heavy atom. The molecule has 0 heterocycles. The molecular weight excluding hydrogens is 245 g/mol. The second-order valence-corrected chi connectivity index (χ2v) is 4.44. The maximum atomic E-state index is 8.74. The quantitative estimate of drug-likeness (QED) is 0.770. The van der Waals surface area contributed by atoms with Gasteiger partial charge in [-0.3, -0.25) is 0 Å². The summed E-state index contributed by atoms with van der Waals surface area (Å²) in [5.41, 5.74) is 0.950. The van der Waals surface area contributed by atoms with Gasteiger partial charge in [-0.2, -0.15) is 0 Å². The fourth-order valence-corrected chi connectivity index (χ4v) is 2.31. The molecule has 0 bridgehead atoms. The van der Waals surface area contributed by atoms with E-state index in [0.717, 1.165) is 24.9 Å². The first kappa shape index (κ1) is 13.8. The van der Waals surface area contributed by atoms with Crippen LogP contribution in [0.4, 0.5) is 0 Å². The van der Waals surface area contributed by atoms with Gasteiger partial charge >= 0.3 is 0 Å². The number of hydrogen-bond donors (Lipinski definition) is 2. The van der Waals surface area contributed by atoms with Crippen molar-refractivity contribution in [1.29, 1.82) is 0 Å². The van der Waals surface area contributed by atoms with E-state index < -0.39 is 0 Å². The van der Waals surface area contributed by atoms with E-state index in [1.807, 2.05) is 18.2 Å². The van der Waals surface area contributed by atoms with Crippen LogP contribution < -0.4 is 5.32 Å². The molecule has 1 aromatic carbocycles. The molecule has 0 fully saturated rings. The smallest absolute Gasteiger partial charge is 0.0468 e. The van der Waals surface area contributed by atoms with E-state index in [2.05, 4.69) is 12.2 Å². The maximum Gasteiger partial charge on any atom is 0.0468 e. The van der Waals surface area contributed by atoms with Gasteiger partial charge in [-0.05, 0) is 31.5 Å². The van der Waals surface area contributed by atoms with Gasteiger partial charge in [0.15, 0.2) is 0 Å². The summed E-state index contributed by atoms with van der Waals surface area (Å²) in [5.74, 6) is 0. The molecule has 0 saturated heterocycles. The minimum absolute atomic E-state index is 0.146. The van der Waals surface area contributed by atoms with E-state index in [1.54, 1.807) is 0 Å². The Morgan fingerprint density at radius 1 is 1.31 bits per heavy atom. The molecule has 4 heteroatoms. The van der Waals surface area contributed by atoms with Gasteiger partial charge in [-0.1, -0.05) is 36.2 Å². The van der Waals surface area contributed by atoms with Crippen LogP contribution in [0, 0.1) is 0 Å². The van der Waals surface area contributed by atoms with Crippen LogP contribution in [0.15, 0.2) is 18.2 Å². The molecule has 2 nitrogen and oxygen atoms in total. The monoisotopic (exact) mass is 261 g/mol. The molecule has 2 N–H and O–H groups in total. The first-order valence-electron chi connectivity index (χ1n) is 5.48. The lowest BCUT2D eigenvalue weighted by Gasteiger charge is -2.19. The zero-order chi connectivity index (χ0) is 12.0. The third kappa shape index (κ3) is 3.63. The Balaban J connectivity index is 2.78. The largest absolute Gasteiger partial charge is 0.396 e. The highest BCUT2D eigenvalue weighted by Crippen LogP contribution is 2.31. The second-order valence-electron chi connectivity index (χ2n) is 3.63. The number of hydrogen-bond acceptors (Lipinski definition) is 2. The number of aliphatic hydroxyl groups is 1. The van der Waals surface area contributed by atoms with Gasteiger partial charge < -0.3 is 10.4 Å². The van der Waals surface area contributed by atoms with Crippen molar-refractivity contribution < 1.29 is 5.11 Å². The highest BCUT2D eigenvalue weighted by molar-refractivity contribution is 6.36. The molecule has 90 valence electrons. The molecular formula is C12H17Cl2NO. The van der Waals surface area contributed by atoms with Crippen LogP contribution in [0.25, 0.3) is 0 Å². The topological polar surface area (TPSA) is 32.3 Å². The van der Waals surface area contributed by atoms with Crippen molar-refractivity contribution >= 4 is 23.2 Å². The summed E-state index contributed by atoms with van der Waals surface area (Å²) < 4.78 is 0. The van der Waals surface area contributed by atoms with E-state index in [4.69, 9.17) is 28.3 Å². The van der Waals surface area contributed by atoms with Gasteiger partial charge in [0.25, 0.3) is 0 Å². The minimum atomic E-state index is 0.146. The lowest BCUT2D eigenvalue weighted by Crippen LogP contribution is -2.23. The minimum Gasteiger partial charge on any atom is -0.396 e. The molecule has 1 atom stereocenters. The molecule has 16 heavy (non-hydrogen) atoms. The molecule has 0 saturated carbocycles. The number of nitrogens with one attached hydrogen (secondary N) is 1. The SMILES string of the molecule is CCC(NCCCO)c1c(Cl)cccc1Cl. The summed E-state index contributed by atoms with van der Waals surface area (Å²) >= 11 is 12.3. The summed E-state index contributed by atoms with van der Waals surface area (Å²) in [6.07, 6.45) is 1.65. The number of benzene rings is 1. The third-order valence-corrected chi connectivity index (χ3v) is 3.14. The Morgan fingerprint density at radius 3 is 2.44 bits per heavy atom. The van der Waals surface area contributed by atoms with E-state index in [-0.39, 0.29) is 12.6 Å². The standard InChI is InChI=1S/C12H17Cl2NO/c1-2-11(15-7-4-8-16)12-9(13)5-3-6-10(12)14/h3,5-6,11,15-16H,2,4,7-8H2,1H3. The van der Waals surface area contributed by atoms with Crippen LogP contribution in [0.1, 0.15) is 31.4 Å². The Kier molecular flexibility index (Phi) is 6.14. The number of aliphatic hydroxyl groups excluding tert-OH is 1. The predicted molar refractivity (Wildman–Crippen MR) is 69.2 cm³/mol. The molecule has 0 aliphatic rings. The van der Waals surface area contributed by atoms with Crippen LogP contribution in [0.2, 0.25) is 10.0 Å². The number of rotatable bonds is 6. The van der Waals surface area contributed by atoms with E-state index in [1.165, 1.54) is 0 Å². The van der Waals surface area contributed by atoms with Crippen LogP contribution in [-0.2, 0) is 0 Å². The van der Waals surface area contributed by atoms with E-state index in [9.17, 15) is 0 Å². The molecule has 0 aliphatic heterocycles. The van der Waals surface area contributed by atoms with Gasteiger partial charge in [0.2, 0.25) is 0 Å². The normalized spacial score (nSPS) is 12.8. The third-order valence-electron chi connectivity index (χ3n) is 2.48. The predicted octanol–water partition coefficient (Wildman–Crippen LogP) is 3.42. The van der Waals surface area contributed by atoms with Crippen LogP contribution in [0.5, 0.6) is 0 Å². The first-order chi connectivity index (χ1) is 7.70. The molecule has 1 rings (SSSR count). The second kappa shape index (κ2) is 7.13. The van der Waals surface area contributed by atoms with Gasteiger partial charge in [0, 0.05) is 28.3 Å². The average molecular weight is 262 g/mol. The number of halogens is 2. The van der Waals surface area contributed by atoms with Crippen LogP contribution >= 0.6 is 23.2 Å². The van der Waals surface area contributed by atoms with Crippen molar-refractivity contribution in [2.75, 3.05) is 13.2 Å². The van der Waals surface area contributed by atoms with E-state index >= 15 is 0 Å². The molecule has 0 amide bonds. The van der Waals surface area contributed by atoms with Crippen molar-refractivity contribution in [3.05, 3.63) is 33.8 Å². The van der Waals surface area contributed by atoms with Crippen LogP contribution in [-0.4, -0.2) is 18.3 Å². The lowest BCUT2D eigenvalue weighted by atomic mass is 10.0. The van der Waals surface area contributed by atoms with Gasteiger partial charge in [-0.25, -0.2) is 0 Å². The molecule has 0 aromatic heterocycles. The summed E-state index contributed by atoms with van der Waals surface area (Å²) in [6.45, 7) is 3.03. The lowest BCUT2D eigenvalue weighted by molar-refractivity contribution is 0.283. The van der Waals surface area contributed by atoms with Crippen molar-refractivity contribution in [2.24, 2.45) is 0 Å².